The normalized spacial score (nSPS) is 12.0. The maximum Gasteiger partial charge on any atom is 0.347 e. The molecule has 1 unspecified atom stereocenters. The van der Waals surface area contributed by atoms with E-state index in [1.807, 2.05) is 6.92 Å². The topological polar surface area (TPSA) is 52.6 Å². The van der Waals surface area contributed by atoms with Crippen molar-refractivity contribution in [2.75, 3.05) is 6.61 Å². The van der Waals surface area contributed by atoms with Crippen molar-refractivity contribution in [3.8, 4) is 0 Å². The van der Waals surface area contributed by atoms with E-state index in [-0.39, 0.29) is 11.9 Å². The van der Waals surface area contributed by atoms with Crippen LogP contribution in [0.3, 0.4) is 0 Å². The molecule has 232 valence electrons. The largest absolute Gasteiger partial charge is 0.463 e. The number of carbonyl (C=O) groups excluding carboxylic acids is 2. The van der Waals surface area contributed by atoms with Crippen LogP contribution in [0.5, 0.6) is 0 Å². The second-order valence-corrected chi connectivity index (χ2v) is 11.8. The molecule has 0 aromatic carbocycles. The minimum absolute atomic E-state index is 0.240. The number of hydrogen-bond acceptors (Lipinski definition) is 4. The number of unbranched alkanes of at least 4 members (excludes halogenated alkanes) is 23. The van der Waals surface area contributed by atoms with Gasteiger partial charge in [-0.1, -0.05) is 168 Å². The Hall–Kier alpha value is -1.06. The zero-order valence-electron chi connectivity index (χ0n) is 26.7. The highest BCUT2D eigenvalue weighted by molar-refractivity contribution is 5.79. The average Bonchev–Trinajstić information content (AvgIpc) is 2.94. The fourth-order valence-corrected chi connectivity index (χ4v) is 5.20. The lowest BCUT2D eigenvalue weighted by atomic mass is 10.0. The summed E-state index contributed by atoms with van der Waals surface area (Å²) in [5.41, 5.74) is 0. The van der Waals surface area contributed by atoms with E-state index in [0.717, 1.165) is 32.1 Å². The fourth-order valence-electron chi connectivity index (χ4n) is 5.20. The molecular formula is C35H68O4. The zero-order valence-corrected chi connectivity index (χ0v) is 26.7. The van der Waals surface area contributed by atoms with Crippen molar-refractivity contribution < 1.29 is 19.1 Å². The van der Waals surface area contributed by atoms with Crippen molar-refractivity contribution in [2.45, 2.75) is 207 Å². The monoisotopic (exact) mass is 553 g/mol. The van der Waals surface area contributed by atoms with E-state index in [9.17, 15) is 9.59 Å². The molecule has 0 aliphatic heterocycles. The van der Waals surface area contributed by atoms with Crippen LogP contribution in [0.1, 0.15) is 201 Å². The molecule has 0 rings (SSSR count). The van der Waals surface area contributed by atoms with Gasteiger partial charge in [0.1, 0.15) is 0 Å². The molecule has 0 aromatic heterocycles. The maximum atomic E-state index is 12.5. The number of ether oxygens (including phenoxy) is 2. The minimum atomic E-state index is -0.728. The first-order chi connectivity index (χ1) is 19.2. The second kappa shape index (κ2) is 31.5. The summed E-state index contributed by atoms with van der Waals surface area (Å²) in [7, 11) is 0. The van der Waals surface area contributed by atoms with Crippen molar-refractivity contribution in [1.29, 1.82) is 0 Å². The van der Waals surface area contributed by atoms with Gasteiger partial charge >= 0.3 is 11.9 Å². The Morgan fingerprint density at radius 1 is 0.462 bits per heavy atom. The van der Waals surface area contributed by atoms with Crippen LogP contribution < -0.4 is 0 Å². The third-order valence-electron chi connectivity index (χ3n) is 7.79. The Balaban J connectivity index is 3.87. The Morgan fingerprint density at radius 2 is 0.821 bits per heavy atom. The van der Waals surface area contributed by atoms with E-state index in [1.54, 1.807) is 0 Å². The minimum Gasteiger partial charge on any atom is -0.463 e. The van der Waals surface area contributed by atoms with Crippen LogP contribution in [0, 0.1) is 0 Å². The van der Waals surface area contributed by atoms with Gasteiger partial charge in [-0.05, 0) is 25.7 Å². The van der Waals surface area contributed by atoms with Crippen LogP contribution in [0.4, 0.5) is 0 Å². The summed E-state index contributed by atoms with van der Waals surface area (Å²) in [6.07, 6.45) is 33.1. The Labute approximate surface area is 244 Å². The molecule has 0 radical (unpaired) electrons. The molecule has 0 spiro atoms. The Bertz CT molecular complexity index is 519. The molecule has 0 fully saturated rings. The molecule has 4 nitrogen and oxygen atoms in total. The van der Waals surface area contributed by atoms with E-state index in [2.05, 4.69) is 13.8 Å². The summed E-state index contributed by atoms with van der Waals surface area (Å²) in [6, 6.07) is 0. The maximum absolute atomic E-state index is 12.5. The van der Waals surface area contributed by atoms with Crippen LogP contribution in [-0.4, -0.2) is 24.6 Å². The Kier molecular flexibility index (Phi) is 30.6. The quantitative estimate of drug-likeness (QED) is 0.0634. The van der Waals surface area contributed by atoms with Gasteiger partial charge in [-0.25, -0.2) is 4.79 Å². The molecule has 1 atom stereocenters. The molecule has 0 aliphatic rings. The lowest BCUT2D eigenvalue weighted by molar-refractivity contribution is -0.168. The summed E-state index contributed by atoms with van der Waals surface area (Å²) < 4.78 is 10.9. The van der Waals surface area contributed by atoms with Gasteiger partial charge in [-0.15, -0.1) is 0 Å². The smallest absolute Gasteiger partial charge is 0.347 e. The highest BCUT2D eigenvalue weighted by Gasteiger charge is 2.23. The van der Waals surface area contributed by atoms with Gasteiger partial charge in [0.2, 0.25) is 0 Å². The number of rotatable bonds is 31. The van der Waals surface area contributed by atoms with Gasteiger partial charge in [-0.3, -0.25) is 4.79 Å². The first-order valence-electron chi connectivity index (χ1n) is 17.5. The van der Waals surface area contributed by atoms with Crippen molar-refractivity contribution in [3.05, 3.63) is 0 Å². The van der Waals surface area contributed by atoms with Crippen LogP contribution in [0.25, 0.3) is 0 Å². The van der Waals surface area contributed by atoms with E-state index < -0.39 is 6.10 Å². The van der Waals surface area contributed by atoms with Gasteiger partial charge in [0.25, 0.3) is 0 Å². The SMILES string of the molecule is CCCCCCCCCCCCCCCC(=O)OC(CCCCCCCCCCCCCC)C(=O)OCCC. The van der Waals surface area contributed by atoms with Crippen molar-refractivity contribution in [3.63, 3.8) is 0 Å². The third-order valence-corrected chi connectivity index (χ3v) is 7.79. The highest BCUT2D eigenvalue weighted by Crippen LogP contribution is 2.16. The predicted octanol–water partition coefficient (Wildman–Crippen LogP) is 11.4. The van der Waals surface area contributed by atoms with Gasteiger partial charge < -0.3 is 9.47 Å². The van der Waals surface area contributed by atoms with Crippen molar-refractivity contribution in [2.24, 2.45) is 0 Å². The van der Waals surface area contributed by atoms with Gasteiger partial charge in [0.05, 0.1) is 6.61 Å². The molecule has 0 saturated carbocycles. The van der Waals surface area contributed by atoms with Gasteiger partial charge in [-0.2, -0.15) is 0 Å². The molecule has 0 heterocycles. The van der Waals surface area contributed by atoms with Crippen LogP contribution >= 0.6 is 0 Å². The molecule has 4 heteroatoms. The molecule has 39 heavy (non-hydrogen) atoms. The van der Waals surface area contributed by atoms with E-state index >= 15 is 0 Å². The standard InChI is InChI=1S/C35H68O4/c1-4-7-9-11-13-15-17-19-21-23-25-27-29-31-34(36)39-33(35(37)38-32-6-3)30-28-26-24-22-20-18-16-14-12-10-8-5-2/h33H,4-32H2,1-3H3. The van der Waals surface area contributed by atoms with E-state index in [4.69, 9.17) is 9.47 Å². The van der Waals surface area contributed by atoms with Crippen LogP contribution in [-0.2, 0) is 19.1 Å². The highest BCUT2D eigenvalue weighted by atomic mass is 16.6. The second-order valence-electron chi connectivity index (χ2n) is 11.8. The third kappa shape index (κ3) is 28.3. The number of carbonyl (C=O) groups is 2. The average molecular weight is 553 g/mol. The molecule has 0 N–H and O–H groups in total. The summed E-state index contributed by atoms with van der Waals surface area (Å²) in [4.78, 5) is 24.9. The lowest BCUT2D eigenvalue weighted by Gasteiger charge is -2.17. The lowest BCUT2D eigenvalue weighted by Crippen LogP contribution is -2.29. The molecule has 0 bridgehead atoms. The summed E-state index contributed by atoms with van der Waals surface area (Å²) in [6.45, 7) is 6.91. The number of hydrogen-bond donors (Lipinski definition) is 0. The molecule has 0 aliphatic carbocycles. The van der Waals surface area contributed by atoms with Crippen LogP contribution in [0.2, 0.25) is 0 Å². The van der Waals surface area contributed by atoms with Gasteiger partial charge in [0.15, 0.2) is 6.10 Å². The van der Waals surface area contributed by atoms with E-state index in [1.165, 1.54) is 135 Å². The summed E-state index contributed by atoms with van der Waals surface area (Å²) in [5, 5.41) is 0. The van der Waals surface area contributed by atoms with Crippen LogP contribution in [0.15, 0.2) is 0 Å². The molecule has 0 aromatic rings. The summed E-state index contributed by atoms with van der Waals surface area (Å²) in [5.74, 6) is -0.603. The molecular weight excluding hydrogens is 484 g/mol. The fraction of sp³-hybridized carbons (Fsp3) is 0.943. The zero-order chi connectivity index (χ0) is 28.7. The number of esters is 2. The molecule has 0 saturated heterocycles. The predicted molar refractivity (Wildman–Crippen MR) is 167 cm³/mol. The van der Waals surface area contributed by atoms with Crippen molar-refractivity contribution >= 4 is 11.9 Å². The van der Waals surface area contributed by atoms with E-state index in [0.29, 0.717) is 19.4 Å². The van der Waals surface area contributed by atoms with Gasteiger partial charge in [0, 0.05) is 6.42 Å². The Morgan fingerprint density at radius 3 is 1.21 bits per heavy atom. The van der Waals surface area contributed by atoms with Crippen molar-refractivity contribution in [1.82, 2.24) is 0 Å². The first-order valence-corrected chi connectivity index (χ1v) is 17.5. The summed E-state index contributed by atoms with van der Waals surface area (Å²) >= 11 is 0. The molecule has 0 amide bonds. The first kappa shape index (κ1) is 37.9.